The third-order valence-electron chi connectivity index (χ3n) is 16.1. The van der Waals surface area contributed by atoms with Gasteiger partial charge in [0.25, 0.3) is 0 Å². The van der Waals surface area contributed by atoms with E-state index in [-0.39, 0.29) is 77.5 Å². The van der Waals surface area contributed by atoms with Crippen LogP contribution in [0.5, 0.6) is 17.2 Å². The molecule has 8 rings (SSSR count). The highest BCUT2D eigenvalue weighted by Crippen LogP contribution is 2.47. The number of hydrogen-bond acceptors (Lipinski definition) is 25. The predicted octanol–water partition coefficient (Wildman–Crippen LogP) is 0.0275. The van der Waals surface area contributed by atoms with Gasteiger partial charge in [0, 0.05) is 56.4 Å². The average Bonchev–Trinajstić information content (AvgIpc) is 3.38. The van der Waals surface area contributed by atoms with Crippen LogP contribution in [-0.4, -0.2) is 224 Å². The van der Waals surface area contributed by atoms with Crippen LogP contribution >= 0.6 is 12.6 Å². The number of ketones is 1. The van der Waals surface area contributed by atoms with Gasteiger partial charge >= 0.3 is 5.97 Å². The highest BCUT2D eigenvalue weighted by atomic mass is 32.1. The summed E-state index contributed by atoms with van der Waals surface area (Å²) < 4.78 is 71.8. The third-order valence-corrected chi connectivity index (χ3v) is 16.5. The lowest BCUT2D eigenvalue weighted by Gasteiger charge is -2.46. The van der Waals surface area contributed by atoms with Gasteiger partial charge < -0.3 is 108 Å². The molecule has 10 N–H and O–H groups in total. The van der Waals surface area contributed by atoms with Crippen molar-refractivity contribution in [2.24, 2.45) is 5.92 Å². The molecule has 1 amide bonds. The quantitative estimate of drug-likeness (QED) is 0.0780. The minimum atomic E-state index is -1.64. The second-order valence-corrected chi connectivity index (χ2v) is 22.3. The Morgan fingerprint density at radius 1 is 0.722 bits per heavy atom. The van der Waals surface area contributed by atoms with E-state index in [9.17, 15) is 55.5 Å². The molecule has 0 aromatic heterocycles. The van der Waals surface area contributed by atoms with Crippen molar-refractivity contribution in [1.82, 2.24) is 5.32 Å². The molecule has 5 fully saturated rings. The van der Waals surface area contributed by atoms with Crippen LogP contribution in [0.1, 0.15) is 95.1 Å². The molecule has 24 atom stereocenters. The number of hydrogen-bond donors (Lipinski definition) is 11. The highest BCUT2D eigenvalue weighted by Gasteiger charge is 2.51. The number of rotatable bonds is 16. The normalized spacial score (nSPS) is 40.8. The summed E-state index contributed by atoms with van der Waals surface area (Å²) in [5.74, 6) is -4.82. The molecule has 444 valence electrons. The van der Waals surface area contributed by atoms with Crippen molar-refractivity contribution in [2.75, 3.05) is 20.0 Å². The number of ether oxygens (including phenoxy) is 12. The fraction of sp³-hybridized carbons (Fsp3) is 0.755. The second-order valence-electron chi connectivity index (χ2n) is 21.9. The molecule has 1 aliphatic carbocycles. The molecule has 5 heterocycles. The number of nitrogens with one attached hydrogen (secondary N) is 1. The maximum Gasteiger partial charge on any atom is 0.329 e. The summed E-state index contributed by atoms with van der Waals surface area (Å²) in [5, 5.41) is 102. The van der Waals surface area contributed by atoms with Gasteiger partial charge in [-0.2, -0.15) is 12.6 Å². The number of thiol groups is 1. The van der Waals surface area contributed by atoms with Crippen LogP contribution in [-0.2, 0) is 68.1 Å². The van der Waals surface area contributed by atoms with E-state index in [1.807, 2.05) is 0 Å². The molecule has 2 aromatic carbocycles. The van der Waals surface area contributed by atoms with Gasteiger partial charge in [0.05, 0.1) is 78.6 Å². The number of carbonyl (C=O) groups is 3. The first-order valence-electron chi connectivity index (χ1n) is 26.7. The molecule has 0 unspecified atom stereocenters. The number of phenolic OH excluding ortho intramolecular Hbond substituents is 2. The van der Waals surface area contributed by atoms with Crippen molar-refractivity contribution >= 4 is 41.1 Å². The molecule has 0 spiro atoms. The van der Waals surface area contributed by atoms with Gasteiger partial charge in [0.15, 0.2) is 30.9 Å². The van der Waals surface area contributed by atoms with Crippen molar-refractivity contribution in [3.63, 3.8) is 0 Å². The van der Waals surface area contributed by atoms with E-state index in [0.29, 0.717) is 0 Å². The van der Waals surface area contributed by atoms with E-state index in [1.165, 1.54) is 27.0 Å². The third kappa shape index (κ3) is 13.0. The summed E-state index contributed by atoms with van der Waals surface area (Å²) in [6.45, 7) is 10.9. The summed E-state index contributed by atoms with van der Waals surface area (Å²) >= 11 is 4.21. The average molecular weight is 1140 g/mol. The molecule has 5 aliphatic heterocycles. The fourth-order valence-electron chi connectivity index (χ4n) is 11.5. The Bertz CT molecular complexity index is 2470. The van der Waals surface area contributed by atoms with Crippen molar-refractivity contribution in [1.29, 1.82) is 0 Å². The summed E-state index contributed by atoms with van der Waals surface area (Å²) in [6, 6.07) is 1.84. The Kier molecular flexibility index (Phi) is 19.5. The lowest BCUT2D eigenvalue weighted by atomic mass is 9.76. The minimum Gasteiger partial charge on any atom is -0.507 e. The maximum absolute atomic E-state index is 15.2. The Balaban J connectivity index is 1.06. The molecule has 25 nitrogen and oxygen atoms in total. The number of methoxy groups -OCH3 is 2. The molecule has 0 radical (unpaired) electrons. The van der Waals surface area contributed by atoms with Gasteiger partial charge in [-0.25, -0.2) is 4.79 Å². The smallest absolute Gasteiger partial charge is 0.329 e. The van der Waals surface area contributed by atoms with E-state index in [2.05, 4.69) is 17.9 Å². The lowest BCUT2D eigenvalue weighted by molar-refractivity contribution is -0.334. The van der Waals surface area contributed by atoms with Crippen LogP contribution in [0.2, 0.25) is 0 Å². The Morgan fingerprint density at radius 2 is 1.23 bits per heavy atom. The van der Waals surface area contributed by atoms with Crippen molar-refractivity contribution in [3.8, 4) is 17.2 Å². The van der Waals surface area contributed by atoms with E-state index >= 15 is 4.79 Å². The van der Waals surface area contributed by atoms with Gasteiger partial charge in [-0.05, 0) is 78.0 Å². The number of aliphatic hydroxyl groups is 7. The summed E-state index contributed by atoms with van der Waals surface area (Å²) in [6.07, 6.45) is -23.4. The van der Waals surface area contributed by atoms with Crippen LogP contribution in [0.25, 0.3) is 10.8 Å². The molecule has 0 saturated carbocycles. The lowest BCUT2D eigenvalue weighted by Crippen LogP contribution is -2.58. The first-order valence-corrected chi connectivity index (χ1v) is 27.3. The van der Waals surface area contributed by atoms with E-state index in [1.54, 1.807) is 40.7 Å². The van der Waals surface area contributed by atoms with Gasteiger partial charge in [-0.1, -0.05) is 0 Å². The highest BCUT2D eigenvalue weighted by molar-refractivity contribution is 7.80. The van der Waals surface area contributed by atoms with Crippen molar-refractivity contribution < 1.29 is 117 Å². The number of fused-ring (bicyclic) bond motifs is 2. The van der Waals surface area contributed by atoms with Gasteiger partial charge in [-0.15, -0.1) is 0 Å². The summed E-state index contributed by atoms with van der Waals surface area (Å²) in [5.41, 5.74) is -1.44. The topological polar surface area (TPSA) is 356 Å². The zero-order valence-corrected chi connectivity index (χ0v) is 46.4. The molecule has 6 aliphatic rings. The number of esters is 1. The van der Waals surface area contributed by atoms with E-state index < -0.39 is 176 Å². The SMILES string of the molecule is COC(=O)[C@H](CS)NC(=O)[C@@H](OC)[C@@H]1Cc2cc3cc(O[C@H]4C[C@@H](O[C@H]5C[C@@H](O)[C@H](O)[C@@H](C)O5)[C@H](O)[C@@H](C)O4)c(C)c(O)c3c(O)c2C(=O)[C@H]1O[C@H]1C[C@@H](O[C@H]2C[C@@H](O[C@H]3C[C@](C)(O)[C@H](O)[C@@H](C)O3)[C@@H](O)[C@@H](C)O2)[C@H](O)[C@@H](C)O1. The largest absolute Gasteiger partial charge is 0.507 e. The molecule has 2 aromatic rings. The molecular weight excluding hydrogens is 1070 g/mol. The van der Waals surface area contributed by atoms with Crippen LogP contribution < -0.4 is 10.1 Å². The van der Waals surface area contributed by atoms with Crippen LogP contribution in [0, 0.1) is 12.8 Å². The standard InChI is InChI=1S/C53H77NO24S/c1-19-30(74-35-14-31(43(58)21(3)70-35)75-34-13-29(55)42(57)20(2)69-34)12-26-10-25-11-27(49(67-8)51(64)54-28(18-79)52(65)68-9)48(47(62)40(25)46(61)39(26)41(19)56)78-37-16-32(44(59)23(5)72-37)76-36-15-33(45(60)22(4)71-36)77-38-17-53(7,66)50(63)24(6)73-38/h10,12,20-24,27-29,31-38,42-45,48-50,55-61,63,66,79H,11,13-18H2,1-9H3,(H,54,64)/t20-,21-,22-,23-,24-,27-,28+,29-,31-,32-,33-,34+,35+,36+,37+,38+,42-,43-,44-,45+,48+,49+,50-,53+/m1/s1. The van der Waals surface area contributed by atoms with Crippen molar-refractivity contribution in [2.45, 2.75) is 228 Å². The van der Waals surface area contributed by atoms with Crippen molar-refractivity contribution in [3.05, 3.63) is 28.8 Å². The van der Waals surface area contributed by atoms with Gasteiger partial charge in [0.1, 0.15) is 66.0 Å². The fourth-order valence-corrected chi connectivity index (χ4v) is 11.7. The number of aromatic hydroxyl groups is 2. The molecule has 0 bridgehead atoms. The number of amides is 1. The number of phenols is 2. The van der Waals surface area contributed by atoms with E-state index in [0.717, 1.165) is 7.11 Å². The Morgan fingerprint density at radius 3 is 1.76 bits per heavy atom. The monoisotopic (exact) mass is 1140 g/mol. The Hall–Kier alpha value is -3.62. The number of Topliss-reactive ketones (excluding diaryl/α,β-unsaturated/α-hetero) is 1. The Labute approximate surface area is 461 Å². The van der Waals surface area contributed by atoms with Crippen LogP contribution in [0.4, 0.5) is 0 Å². The molecular formula is C53H77NO24S. The zero-order valence-electron chi connectivity index (χ0n) is 45.5. The predicted molar refractivity (Wildman–Crippen MR) is 274 cm³/mol. The summed E-state index contributed by atoms with van der Waals surface area (Å²) in [4.78, 5) is 42.0. The van der Waals surface area contributed by atoms with E-state index in [4.69, 9.17) is 56.8 Å². The number of carbonyl (C=O) groups excluding carboxylic acids is 3. The molecule has 5 saturated heterocycles. The van der Waals surface area contributed by atoms with Crippen LogP contribution in [0.15, 0.2) is 12.1 Å². The van der Waals surface area contributed by atoms with Crippen LogP contribution in [0.3, 0.4) is 0 Å². The zero-order chi connectivity index (χ0) is 57.7. The van der Waals surface area contributed by atoms with Gasteiger partial charge in [0.2, 0.25) is 12.2 Å². The first-order chi connectivity index (χ1) is 37.2. The molecule has 79 heavy (non-hydrogen) atoms. The number of benzene rings is 2. The first kappa shape index (κ1) is 61.5. The molecule has 26 heteroatoms. The number of aliphatic hydroxyl groups excluding tert-OH is 6. The summed E-state index contributed by atoms with van der Waals surface area (Å²) in [7, 11) is 2.36. The second kappa shape index (κ2) is 25.1. The maximum atomic E-state index is 15.2. The minimum absolute atomic E-state index is 0.0367. The van der Waals surface area contributed by atoms with Gasteiger partial charge in [-0.3, -0.25) is 9.59 Å².